The Kier molecular flexibility index (Phi) is 6.29. The highest BCUT2D eigenvalue weighted by Gasteiger charge is 2.18. The molecule has 9 heteroatoms. The molecule has 0 atom stereocenters. The third-order valence-corrected chi connectivity index (χ3v) is 4.36. The SMILES string of the molecule is CCOC(=O)c1cc(C)sc1NC(=O)Cn1cc(C(=O)NC)ccc1=O. The first-order chi connectivity index (χ1) is 12.3. The topological polar surface area (TPSA) is 106 Å². The molecule has 0 spiro atoms. The summed E-state index contributed by atoms with van der Waals surface area (Å²) in [5.74, 6) is -1.38. The molecule has 2 aromatic rings. The number of hydrogen-bond donors (Lipinski definition) is 2. The van der Waals surface area contributed by atoms with Gasteiger partial charge in [-0.15, -0.1) is 11.3 Å². The molecule has 8 nitrogen and oxygen atoms in total. The number of esters is 1. The van der Waals surface area contributed by atoms with Crippen molar-refractivity contribution in [2.75, 3.05) is 19.0 Å². The fraction of sp³-hybridized carbons (Fsp3) is 0.294. The van der Waals surface area contributed by atoms with Gasteiger partial charge in [0.15, 0.2) is 0 Å². The number of anilines is 1. The number of rotatable bonds is 6. The van der Waals surface area contributed by atoms with E-state index in [1.54, 1.807) is 19.9 Å². The minimum atomic E-state index is -0.522. The maximum atomic E-state index is 12.3. The van der Waals surface area contributed by atoms with Crippen molar-refractivity contribution < 1.29 is 19.1 Å². The molecule has 0 unspecified atom stereocenters. The van der Waals surface area contributed by atoms with Crippen molar-refractivity contribution in [1.82, 2.24) is 9.88 Å². The van der Waals surface area contributed by atoms with Gasteiger partial charge in [0, 0.05) is 24.2 Å². The Morgan fingerprint density at radius 2 is 2.00 bits per heavy atom. The van der Waals surface area contributed by atoms with Crippen molar-refractivity contribution in [2.24, 2.45) is 0 Å². The van der Waals surface area contributed by atoms with Crippen LogP contribution in [0, 0.1) is 6.92 Å². The van der Waals surface area contributed by atoms with Crippen molar-refractivity contribution in [2.45, 2.75) is 20.4 Å². The van der Waals surface area contributed by atoms with E-state index < -0.39 is 17.4 Å². The smallest absolute Gasteiger partial charge is 0.341 e. The van der Waals surface area contributed by atoms with E-state index >= 15 is 0 Å². The summed E-state index contributed by atoms with van der Waals surface area (Å²) < 4.78 is 6.10. The van der Waals surface area contributed by atoms with Gasteiger partial charge >= 0.3 is 5.97 Å². The van der Waals surface area contributed by atoms with E-state index in [1.165, 1.54) is 36.7 Å². The molecule has 0 aliphatic heterocycles. The van der Waals surface area contributed by atoms with Gasteiger partial charge in [-0.3, -0.25) is 14.4 Å². The van der Waals surface area contributed by atoms with Crippen LogP contribution in [0.5, 0.6) is 0 Å². The van der Waals surface area contributed by atoms with Crippen LogP contribution in [0.25, 0.3) is 0 Å². The van der Waals surface area contributed by atoms with Gasteiger partial charge in [0.05, 0.1) is 17.7 Å². The van der Waals surface area contributed by atoms with Gasteiger partial charge in [0.1, 0.15) is 11.5 Å². The van der Waals surface area contributed by atoms with Crippen LogP contribution in [-0.2, 0) is 16.1 Å². The number of ether oxygens (including phenoxy) is 1. The minimum absolute atomic E-state index is 0.225. The largest absolute Gasteiger partial charge is 0.462 e. The van der Waals surface area contributed by atoms with Crippen LogP contribution in [0.2, 0.25) is 0 Å². The number of nitrogens with one attached hydrogen (secondary N) is 2. The summed E-state index contributed by atoms with van der Waals surface area (Å²) in [6.45, 7) is 3.44. The number of aromatic nitrogens is 1. The summed E-state index contributed by atoms with van der Waals surface area (Å²) in [6.07, 6.45) is 1.31. The van der Waals surface area contributed by atoms with Crippen molar-refractivity contribution in [3.8, 4) is 0 Å². The Morgan fingerprint density at radius 1 is 1.27 bits per heavy atom. The quantitative estimate of drug-likeness (QED) is 0.740. The summed E-state index contributed by atoms with van der Waals surface area (Å²) in [4.78, 5) is 48.7. The van der Waals surface area contributed by atoms with E-state index in [4.69, 9.17) is 4.74 Å². The van der Waals surface area contributed by atoms with Gasteiger partial charge in [-0.25, -0.2) is 4.79 Å². The van der Waals surface area contributed by atoms with Crippen molar-refractivity contribution in [3.63, 3.8) is 0 Å². The number of nitrogens with zero attached hydrogens (tertiary/aromatic N) is 1. The molecule has 0 bridgehead atoms. The second-order valence-electron chi connectivity index (χ2n) is 5.33. The fourth-order valence-corrected chi connectivity index (χ4v) is 3.14. The molecule has 0 saturated heterocycles. The zero-order valence-electron chi connectivity index (χ0n) is 14.6. The Hall–Kier alpha value is -2.94. The molecule has 0 aromatic carbocycles. The van der Waals surface area contributed by atoms with Crippen LogP contribution in [0.4, 0.5) is 5.00 Å². The van der Waals surface area contributed by atoms with Crippen LogP contribution in [0.3, 0.4) is 0 Å². The zero-order chi connectivity index (χ0) is 19.3. The first kappa shape index (κ1) is 19.4. The molecule has 0 aliphatic carbocycles. The normalized spacial score (nSPS) is 10.3. The van der Waals surface area contributed by atoms with Crippen LogP contribution < -0.4 is 16.2 Å². The molecule has 2 aromatic heterocycles. The highest BCUT2D eigenvalue weighted by Crippen LogP contribution is 2.28. The molecule has 2 rings (SSSR count). The van der Waals surface area contributed by atoms with Crippen molar-refractivity contribution >= 4 is 34.1 Å². The Labute approximate surface area is 153 Å². The average Bonchev–Trinajstić information content (AvgIpc) is 2.96. The number of aryl methyl sites for hydroxylation is 1. The van der Waals surface area contributed by atoms with Crippen LogP contribution in [0.15, 0.2) is 29.2 Å². The van der Waals surface area contributed by atoms with Gasteiger partial charge in [-0.05, 0) is 26.0 Å². The summed E-state index contributed by atoms with van der Waals surface area (Å²) in [6, 6.07) is 4.24. The number of amides is 2. The predicted octanol–water partition coefficient (Wildman–Crippen LogP) is 1.39. The van der Waals surface area contributed by atoms with Gasteiger partial charge in [-0.2, -0.15) is 0 Å². The predicted molar refractivity (Wildman–Crippen MR) is 97.7 cm³/mol. The summed E-state index contributed by atoms with van der Waals surface area (Å²) in [5.41, 5.74) is 0.119. The van der Waals surface area contributed by atoms with Crippen LogP contribution in [0.1, 0.15) is 32.5 Å². The number of carbonyl (C=O) groups is 3. The van der Waals surface area contributed by atoms with E-state index in [-0.39, 0.29) is 30.2 Å². The molecule has 0 radical (unpaired) electrons. The molecule has 2 heterocycles. The first-order valence-corrected chi connectivity index (χ1v) is 8.67. The highest BCUT2D eigenvalue weighted by atomic mass is 32.1. The van der Waals surface area contributed by atoms with Crippen LogP contribution >= 0.6 is 11.3 Å². The number of carbonyl (C=O) groups excluding carboxylic acids is 3. The second-order valence-corrected chi connectivity index (χ2v) is 6.59. The van der Waals surface area contributed by atoms with E-state index in [1.807, 2.05) is 0 Å². The van der Waals surface area contributed by atoms with Gasteiger partial charge in [0.2, 0.25) is 5.91 Å². The lowest BCUT2D eigenvalue weighted by Crippen LogP contribution is -2.29. The van der Waals surface area contributed by atoms with Crippen LogP contribution in [-0.4, -0.2) is 36.0 Å². The number of pyridine rings is 1. The van der Waals surface area contributed by atoms with Crippen molar-refractivity contribution in [1.29, 1.82) is 0 Å². The molecule has 0 aliphatic rings. The molecule has 2 N–H and O–H groups in total. The van der Waals surface area contributed by atoms with E-state index in [0.29, 0.717) is 5.00 Å². The molecule has 26 heavy (non-hydrogen) atoms. The standard InChI is InChI=1S/C17H19N3O5S/c1-4-25-17(24)12-7-10(2)26-16(12)19-13(21)9-20-8-11(15(23)18-3)5-6-14(20)22/h5-8H,4,9H2,1-3H3,(H,18,23)(H,19,21). The van der Waals surface area contributed by atoms with E-state index in [2.05, 4.69) is 10.6 Å². The van der Waals surface area contributed by atoms with E-state index in [0.717, 1.165) is 9.44 Å². The third kappa shape index (κ3) is 4.57. The maximum Gasteiger partial charge on any atom is 0.341 e. The highest BCUT2D eigenvalue weighted by molar-refractivity contribution is 7.16. The van der Waals surface area contributed by atoms with E-state index in [9.17, 15) is 19.2 Å². The van der Waals surface area contributed by atoms with Crippen molar-refractivity contribution in [3.05, 3.63) is 50.8 Å². The average molecular weight is 377 g/mol. The fourth-order valence-electron chi connectivity index (χ4n) is 2.22. The van der Waals surface area contributed by atoms with Gasteiger partial charge in [-0.1, -0.05) is 0 Å². The maximum absolute atomic E-state index is 12.3. The lowest BCUT2D eigenvalue weighted by molar-refractivity contribution is -0.116. The monoisotopic (exact) mass is 377 g/mol. The summed E-state index contributed by atoms with van der Waals surface area (Å²) in [5, 5.41) is 5.44. The Bertz CT molecular complexity index is 900. The molecular formula is C17H19N3O5S. The molecule has 0 fully saturated rings. The second kappa shape index (κ2) is 8.43. The molecular weight excluding hydrogens is 358 g/mol. The third-order valence-electron chi connectivity index (χ3n) is 3.39. The Morgan fingerprint density at radius 3 is 2.65 bits per heavy atom. The van der Waals surface area contributed by atoms with Gasteiger partial charge in [0.25, 0.3) is 11.5 Å². The molecule has 0 saturated carbocycles. The minimum Gasteiger partial charge on any atom is -0.462 e. The number of thiophene rings is 1. The molecule has 138 valence electrons. The van der Waals surface area contributed by atoms with Gasteiger partial charge < -0.3 is 19.9 Å². The zero-order valence-corrected chi connectivity index (χ0v) is 15.4. The summed E-state index contributed by atoms with van der Waals surface area (Å²) >= 11 is 1.24. The Balaban J connectivity index is 2.19. The number of hydrogen-bond acceptors (Lipinski definition) is 6. The first-order valence-electron chi connectivity index (χ1n) is 7.85. The summed E-state index contributed by atoms with van der Waals surface area (Å²) in [7, 11) is 1.47. The lowest BCUT2D eigenvalue weighted by Gasteiger charge is -2.09. The molecule has 2 amide bonds. The lowest BCUT2D eigenvalue weighted by atomic mass is 10.2.